The van der Waals surface area contributed by atoms with E-state index in [-0.39, 0.29) is 13.2 Å². The van der Waals surface area contributed by atoms with Gasteiger partial charge >= 0.3 is 5.97 Å². The molecule has 64 valence electrons. The molecule has 0 saturated carbocycles. The second-order valence-corrected chi connectivity index (χ2v) is 1.82. The molecule has 0 aromatic carbocycles. The monoisotopic (exact) mass is 160 g/mol. The fraction of sp³-hybridized carbons (Fsp3) is 0.571. The van der Waals surface area contributed by atoms with E-state index in [0.717, 1.165) is 0 Å². The van der Waals surface area contributed by atoms with Gasteiger partial charge in [0.15, 0.2) is 6.10 Å². The van der Waals surface area contributed by atoms with Gasteiger partial charge in [0.25, 0.3) is 0 Å². The number of hydrogen-bond donors (Lipinski definition) is 1. The summed E-state index contributed by atoms with van der Waals surface area (Å²) < 4.78 is 9.19. The Kier molecular flexibility index (Phi) is 5.42. The van der Waals surface area contributed by atoms with E-state index in [1.165, 1.54) is 13.2 Å². The summed E-state index contributed by atoms with van der Waals surface area (Å²) in [6.07, 6.45) is 0.601. The van der Waals surface area contributed by atoms with Crippen molar-refractivity contribution in [1.29, 1.82) is 0 Å². The minimum Gasteiger partial charge on any atom is -0.467 e. The lowest BCUT2D eigenvalue weighted by atomic mass is 10.4. The predicted octanol–water partition coefficient (Wildman–Crippen LogP) is -0.277. The molecule has 0 aliphatic rings. The number of esters is 1. The van der Waals surface area contributed by atoms with Crippen LogP contribution < -0.4 is 0 Å². The van der Waals surface area contributed by atoms with Gasteiger partial charge in [0.05, 0.1) is 20.3 Å². The maximum absolute atomic E-state index is 10.7. The summed E-state index contributed by atoms with van der Waals surface area (Å²) in [5, 5.41) is 8.59. The lowest BCUT2D eigenvalue weighted by Crippen LogP contribution is -2.29. The predicted molar refractivity (Wildman–Crippen MR) is 39.0 cm³/mol. The van der Waals surface area contributed by atoms with Gasteiger partial charge in [-0.25, -0.2) is 4.79 Å². The van der Waals surface area contributed by atoms with Crippen molar-refractivity contribution < 1.29 is 19.4 Å². The van der Waals surface area contributed by atoms with E-state index < -0.39 is 12.1 Å². The van der Waals surface area contributed by atoms with Crippen LogP contribution in [-0.4, -0.2) is 37.5 Å². The van der Waals surface area contributed by atoms with Gasteiger partial charge < -0.3 is 14.6 Å². The Labute approximate surface area is 65.4 Å². The largest absolute Gasteiger partial charge is 0.467 e. The zero-order valence-electron chi connectivity index (χ0n) is 6.45. The topological polar surface area (TPSA) is 55.8 Å². The molecule has 0 rings (SSSR count). The van der Waals surface area contributed by atoms with Crippen LogP contribution in [0, 0.1) is 0 Å². The van der Waals surface area contributed by atoms with E-state index in [0.29, 0.717) is 0 Å². The summed E-state index contributed by atoms with van der Waals surface area (Å²) in [5.74, 6) is -0.575. The summed E-state index contributed by atoms with van der Waals surface area (Å²) in [5.41, 5.74) is 0. The summed E-state index contributed by atoms with van der Waals surface area (Å²) in [4.78, 5) is 10.7. The van der Waals surface area contributed by atoms with E-state index in [4.69, 9.17) is 9.84 Å². The maximum atomic E-state index is 10.7. The minimum absolute atomic E-state index is 0.223. The molecular weight excluding hydrogens is 148 g/mol. The number of aliphatic hydroxyl groups is 1. The quantitative estimate of drug-likeness (QED) is 0.444. The fourth-order valence-corrected chi connectivity index (χ4v) is 0.511. The molecule has 0 aliphatic carbocycles. The Morgan fingerprint density at radius 1 is 1.82 bits per heavy atom. The molecule has 1 unspecified atom stereocenters. The van der Waals surface area contributed by atoms with Crippen LogP contribution in [0.25, 0.3) is 0 Å². The van der Waals surface area contributed by atoms with Crippen molar-refractivity contribution in [2.24, 2.45) is 0 Å². The lowest BCUT2D eigenvalue weighted by Gasteiger charge is -2.10. The third-order valence-corrected chi connectivity index (χ3v) is 1.05. The molecule has 1 N–H and O–H groups in total. The fourth-order valence-electron chi connectivity index (χ4n) is 0.511. The van der Waals surface area contributed by atoms with Crippen molar-refractivity contribution in [2.45, 2.75) is 6.10 Å². The van der Waals surface area contributed by atoms with E-state index >= 15 is 0 Å². The Morgan fingerprint density at radius 3 is 2.82 bits per heavy atom. The molecule has 0 aromatic heterocycles. The molecule has 0 heterocycles. The third-order valence-electron chi connectivity index (χ3n) is 1.05. The number of hydrogen-bond acceptors (Lipinski definition) is 4. The first-order valence-electron chi connectivity index (χ1n) is 3.17. The molecule has 0 aliphatic heterocycles. The molecule has 0 amide bonds. The normalized spacial score (nSPS) is 12.2. The van der Waals surface area contributed by atoms with Gasteiger partial charge in [0, 0.05) is 0 Å². The van der Waals surface area contributed by atoms with E-state index in [9.17, 15) is 4.79 Å². The van der Waals surface area contributed by atoms with Crippen LogP contribution in [0.15, 0.2) is 12.7 Å². The highest BCUT2D eigenvalue weighted by atomic mass is 16.6. The van der Waals surface area contributed by atoms with Crippen molar-refractivity contribution in [1.82, 2.24) is 0 Å². The first-order chi connectivity index (χ1) is 5.26. The molecule has 4 nitrogen and oxygen atoms in total. The number of methoxy groups -OCH3 is 1. The van der Waals surface area contributed by atoms with Crippen LogP contribution in [0.3, 0.4) is 0 Å². The van der Waals surface area contributed by atoms with E-state index in [2.05, 4.69) is 11.3 Å². The van der Waals surface area contributed by atoms with Gasteiger partial charge in [0.1, 0.15) is 0 Å². The Bertz CT molecular complexity index is 132. The van der Waals surface area contributed by atoms with Crippen LogP contribution in [0.1, 0.15) is 0 Å². The van der Waals surface area contributed by atoms with Crippen LogP contribution in [0.2, 0.25) is 0 Å². The minimum atomic E-state index is -0.891. The molecule has 0 fully saturated rings. The second kappa shape index (κ2) is 5.88. The highest BCUT2D eigenvalue weighted by Crippen LogP contribution is 1.93. The van der Waals surface area contributed by atoms with Crippen molar-refractivity contribution in [2.75, 3.05) is 20.3 Å². The van der Waals surface area contributed by atoms with Gasteiger partial charge in [-0.3, -0.25) is 0 Å². The van der Waals surface area contributed by atoms with Gasteiger partial charge in [-0.2, -0.15) is 0 Å². The van der Waals surface area contributed by atoms with Crippen LogP contribution in [0.5, 0.6) is 0 Å². The highest BCUT2D eigenvalue weighted by Gasteiger charge is 2.17. The van der Waals surface area contributed by atoms with E-state index in [1.807, 2.05) is 0 Å². The highest BCUT2D eigenvalue weighted by molar-refractivity contribution is 5.74. The van der Waals surface area contributed by atoms with Gasteiger partial charge in [-0.05, 0) is 0 Å². The number of rotatable bonds is 5. The van der Waals surface area contributed by atoms with Gasteiger partial charge in [-0.15, -0.1) is 6.58 Å². The molecule has 0 radical (unpaired) electrons. The molecule has 11 heavy (non-hydrogen) atoms. The smallest absolute Gasteiger partial charge is 0.337 e. The molecule has 0 spiro atoms. The van der Waals surface area contributed by atoms with Crippen LogP contribution in [0.4, 0.5) is 0 Å². The summed E-state index contributed by atoms with van der Waals surface area (Å²) in [6, 6.07) is 0. The van der Waals surface area contributed by atoms with Gasteiger partial charge in [-0.1, -0.05) is 6.08 Å². The first-order valence-corrected chi connectivity index (χ1v) is 3.17. The molecule has 0 aromatic rings. The molecule has 1 atom stereocenters. The second-order valence-electron chi connectivity index (χ2n) is 1.82. The molecular formula is C7H12O4. The average molecular weight is 160 g/mol. The number of carbonyl (C=O) groups is 1. The Hall–Kier alpha value is -0.870. The number of aliphatic hydroxyl groups excluding tert-OH is 1. The molecule has 0 bridgehead atoms. The summed E-state index contributed by atoms with van der Waals surface area (Å²) in [7, 11) is 1.24. The van der Waals surface area contributed by atoms with Crippen LogP contribution >= 0.6 is 0 Å². The Balaban J connectivity index is 3.74. The standard InChI is InChI=1S/C7H12O4/c1-3-4-11-6(5-8)7(9)10-2/h3,6,8H,1,4-5H2,2H3. The molecule has 4 heteroatoms. The van der Waals surface area contributed by atoms with Gasteiger partial charge in [0.2, 0.25) is 0 Å². The molecule has 0 saturated heterocycles. The Morgan fingerprint density at radius 2 is 2.45 bits per heavy atom. The van der Waals surface area contributed by atoms with Crippen LogP contribution in [-0.2, 0) is 14.3 Å². The lowest BCUT2D eigenvalue weighted by molar-refractivity contribution is -0.155. The number of carbonyl (C=O) groups excluding carboxylic acids is 1. The zero-order chi connectivity index (χ0) is 8.69. The van der Waals surface area contributed by atoms with Crippen molar-refractivity contribution >= 4 is 5.97 Å². The van der Waals surface area contributed by atoms with Crippen molar-refractivity contribution in [3.8, 4) is 0 Å². The summed E-state index contributed by atoms with van der Waals surface area (Å²) in [6.45, 7) is 3.24. The SMILES string of the molecule is C=CCOC(CO)C(=O)OC. The summed E-state index contributed by atoms with van der Waals surface area (Å²) >= 11 is 0. The maximum Gasteiger partial charge on any atom is 0.337 e. The number of ether oxygens (including phenoxy) is 2. The van der Waals surface area contributed by atoms with E-state index in [1.54, 1.807) is 0 Å². The average Bonchev–Trinajstić information content (AvgIpc) is 2.05. The first kappa shape index (κ1) is 10.1. The zero-order valence-corrected chi connectivity index (χ0v) is 6.45. The third kappa shape index (κ3) is 3.75. The van der Waals surface area contributed by atoms with Crippen molar-refractivity contribution in [3.63, 3.8) is 0 Å². The van der Waals surface area contributed by atoms with Crippen molar-refractivity contribution in [3.05, 3.63) is 12.7 Å².